The Morgan fingerprint density at radius 3 is 2.67 bits per heavy atom. The molecule has 1 aliphatic rings. The second kappa shape index (κ2) is 8.35. The molecule has 2 aromatic rings. The van der Waals surface area contributed by atoms with Gasteiger partial charge in [-0.05, 0) is 37.1 Å². The van der Waals surface area contributed by atoms with Crippen LogP contribution in [0.1, 0.15) is 23.2 Å². The van der Waals surface area contributed by atoms with Gasteiger partial charge in [0.25, 0.3) is 5.91 Å². The molecule has 0 radical (unpaired) electrons. The number of hydrogen-bond donors (Lipinski definition) is 1. The number of aromatic nitrogens is 2. The van der Waals surface area contributed by atoms with Crippen molar-refractivity contribution >= 4 is 35.1 Å². The summed E-state index contributed by atoms with van der Waals surface area (Å²) in [4.78, 5) is 36.8. The first-order valence-electron chi connectivity index (χ1n) is 8.79. The molecule has 1 aromatic heterocycles. The SMILES string of the molecule is CN(C)C(=O)c1ccc(NC(=O)C2CCCN(c3ncccn3)C2)cc1Cl. The Balaban J connectivity index is 1.66. The number of nitrogens with zero attached hydrogens (tertiary/aromatic N) is 4. The van der Waals surface area contributed by atoms with Gasteiger partial charge in [-0.15, -0.1) is 0 Å². The standard InChI is InChI=1S/C19H22ClN5O2/c1-24(2)18(27)15-7-6-14(11-16(15)20)23-17(26)13-5-3-10-25(12-13)19-21-8-4-9-22-19/h4,6-9,11,13H,3,5,10,12H2,1-2H3,(H,23,26). The summed E-state index contributed by atoms with van der Waals surface area (Å²) in [7, 11) is 3.33. The van der Waals surface area contributed by atoms with Gasteiger partial charge in [-0.2, -0.15) is 0 Å². The van der Waals surface area contributed by atoms with Crippen molar-refractivity contribution < 1.29 is 9.59 Å². The lowest BCUT2D eigenvalue weighted by molar-refractivity contribution is -0.120. The highest BCUT2D eigenvalue weighted by Crippen LogP contribution is 2.25. The first-order valence-corrected chi connectivity index (χ1v) is 9.17. The largest absolute Gasteiger partial charge is 0.345 e. The van der Waals surface area contributed by atoms with E-state index in [9.17, 15) is 9.59 Å². The van der Waals surface area contributed by atoms with Crippen molar-refractivity contribution in [3.05, 3.63) is 47.2 Å². The molecule has 7 nitrogen and oxygen atoms in total. The quantitative estimate of drug-likeness (QED) is 0.872. The maximum Gasteiger partial charge on any atom is 0.254 e. The Kier molecular flexibility index (Phi) is 5.91. The summed E-state index contributed by atoms with van der Waals surface area (Å²) >= 11 is 6.22. The van der Waals surface area contributed by atoms with E-state index in [0.717, 1.165) is 19.4 Å². The third-order valence-electron chi connectivity index (χ3n) is 4.50. The van der Waals surface area contributed by atoms with Gasteiger partial charge in [0, 0.05) is 45.3 Å². The number of hydrogen-bond acceptors (Lipinski definition) is 5. The van der Waals surface area contributed by atoms with Crippen molar-refractivity contribution in [1.29, 1.82) is 0 Å². The number of rotatable bonds is 4. The number of piperidine rings is 1. The molecule has 1 fully saturated rings. The number of nitrogens with one attached hydrogen (secondary N) is 1. The van der Waals surface area contributed by atoms with Crippen LogP contribution in [0.2, 0.25) is 5.02 Å². The number of anilines is 2. The Morgan fingerprint density at radius 2 is 2.00 bits per heavy atom. The molecular formula is C19H22ClN5O2. The number of carbonyl (C=O) groups excluding carboxylic acids is 2. The van der Waals surface area contributed by atoms with Crippen LogP contribution in [0.3, 0.4) is 0 Å². The summed E-state index contributed by atoms with van der Waals surface area (Å²) in [5.74, 6) is 0.232. The summed E-state index contributed by atoms with van der Waals surface area (Å²) in [6.45, 7) is 1.40. The van der Waals surface area contributed by atoms with Crippen molar-refractivity contribution in [3.8, 4) is 0 Å². The van der Waals surface area contributed by atoms with E-state index in [1.807, 2.05) is 4.90 Å². The van der Waals surface area contributed by atoms with Crippen molar-refractivity contribution in [3.63, 3.8) is 0 Å². The molecule has 0 bridgehead atoms. The zero-order valence-corrected chi connectivity index (χ0v) is 16.1. The number of halogens is 1. The van der Waals surface area contributed by atoms with Crippen LogP contribution in [0.4, 0.5) is 11.6 Å². The second-order valence-corrected chi connectivity index (χ2v) is 7.12. The Morgan fingerprint density at radius 1 is 1.26 bits per heavy atom. The Bertz CT molecular complexity index is 828. The first-order chi connectivity index (χ1) is 13.0. The highest BCUT2D eigenvalue weighted by atomic mass is 35.5. The van der Waals surface area contributed by atoms with Gasteiger partial charge in [-0.25, -0.2) is 9.97 Å². The fourth-order valence-electron chi connectivity index (χ4n) is 3.08. The van der Waals surface area contributed by atoms with Crippen molar-refractivity contribution in [2.24, 2.45) is 5.92 Å². The zero-order chi connectivity index (χ0) is 19.4. The topological polar surface area (TPSA) is 78.4 Å². The van der Waals surface area contributed by atoms with E-state index in [4.69, 9.17) is 11.6 Å². The van der Waals surface area contributed by atoms with Gasteiger partial charge in [-0.3, -0.25) is 9.59 Å². The predicted octanol–water partition coefficient (Wildman–Crippen LogP) is 2.69. The monoisotopic (exact) mass is 387 g/mol. The van der Waals surface area contributed by atoms with E-state index in [0.29, 0.717) is 28.8 Å². The van der Waals surface area contributed by atoms with Crippen LogP contribution in [0.15, 0.2) is 36.7 Å². The molecule has 0 spiro atoms. The van der Waals surface area contributed by atoms with Crippen LogP contribution in [-0.4, -0.2) is 53.9 Å². The highest BCUT2D eigenvalue weighted by molar-refractivity contribution is 6.34. The van der Waals surface area contributed by atoms with E-state index in [2.05, 4.69) is 15.3 Å². The predicted molar refractivity (Wildman–Crippen MR) is 105 cm³/mol. The number of amides is 2. The van der Waals surface area contributed by atoms with E-state index < -0.39 is 0 Å². The van der Waals surface area contributed by atoms with Crippen molar-refractivity contribution in [2.45, 2.75) is 12.8 Å². The molecule has 0 saturated carbocycles. The normalized spacial score (nSPS) is 16.7. The average molecular weight is 388 g/mol. The molecule has 1 saturated heterocycles. The minimum absolute atomic E-state index is 0.0709. The molecule has 1 N–H and O–H groups in total. The lowest BCUT2D eigenvalue weighted by Crippen LogP contribution is -2.41. The van der Waals surface area contributed by atoms with Gasteiger partial charge in [-0.1, -0.05) is 11.6 Å². The minimum Gasteiger partial charge on any atom is -0.345 e. The molecular weight excluding hydrogens is 366 g/mol. The lowest BCUT2D eigenvalue weighted by atomic mass is 9.97. The van der Waals surface area contributed by atoms with Gasteiger partial charge in [0.2, 0.25) is 11.9 Å². The van der Waals surface area contributed by atoms with Gasteiger partial charge in [0.1, 0.15) is 0 Å². The molecule has 8 heteroatoms. The van der Waals surface area contributed by atoms with E-state index in [-0.39, 0.29) is 17.7 Å². The van der Waals surface area contributed by atoms with Crippen LogP contribution in [0, 0.1) is 5.92 Å². The molecule has 142 valence electrons. The molecule has 0 aliphatic carbocycles. The van der Waals surface area contributed by atoms with Gasteiger partial charge < -0.3 is 15.1 Å². The molecule has 2 heterocycles. The van der Waals surface area contributed by atoms with Gasteiger partial charge in [0.15, 0.2) is 0 Å². The summed E-state index contributed by atoms with van der Waals surface area (Å²) in [5, 5.41) is 3.22. The molecule has 2 amide bonds. The van der Waals surface area contributed by atoms with Crippen molar-refractivity contribution in [2.75, 3.05) is 37.4 Å². The maximum absolute atomic E-state index is 12.7. The summed E-state index contributed by atoms with van der Waals surface area (Å²) < 4.78 is 0. The van der Waals surface area contributed by atoms with E-state index in [1.54, 1.807) is 50.8 Å². The van der Waals surface area contributed by atoms with Crippen LogP contribution in [-0.2, 0) is 4.79 Å². The fraction of sp³-hybridized carbons (Fsp3) is 0.368. The molecule has 3 rings (SSSR count). The highest BCUT2D eigenvalue weighted by Gasteiger charge is 2.27. The van der Waals surface area contributed by atoms with Crippen LogP contribution in [0.5, 0.6) is 0 Å². The van der Waals surface area contributed by atoms with Crippen LogP contribution < -0.4 is 10.2 Å². The van der Waals surface area contributed by atoms with Crippen LogP contribution in [0.25, 0.3) is 0 Å². The first kappa shape index (κ1) is 19.1. The minimum atomic E-state index is -0.177. The molecule has 1 aliphatic heterocycles. The summed E-state index contributed by atoms with van der Waals surface area (Å²) in [5.41, 5.74) is 0.984. The lowest BCUT2D eigenvalue weighted by Gasteiger charge is -2.31. The smallest absolute Gasteiger partial charge is 0.254 e. The second-order valence-electron chi connectivity index (χ2n) is 6.72. The van der Waals surface area contributed by atoms with Gasteiger partial charge in [0.05, 0.1) is 16.5 Å². The van der Waals surface area contributed by atoms with E-state index in [1.165, 1.54) is 4.90 Å². The van der Waals surface area contributed by atoms with Crippen molar-refractivity contribution in [1.82, 2.24) is 14.9 Å². The van der Waals surface area contributed by atoms with Crippen LogP contribution >= 0.6 is 11.6 Å². The van der Waals surface area contributed by atoms with Gasteiger partial charge >= 0.3 is 0 Å². The zero-order valence-electron chi connectivity index (χ0n) is 15.4. The molecule has 1 atom stereocenters. The third kappa shape index (κ3) is 4.54. The molecule has 1 unspecified atom stereocenters. The summed E-state index contributed by atoms with van der Waals surface area (Å²) in [6.07, 6.45) is 5.10. The number of carbonyl (C=O) groups is 2. The Hall–Kier alpha value is -2.67. The summed E-state index contributed by atoms with van der Waals surface area (Å²) in [6, 6.07) is 6.70. The maximum atomic E-state index is 12.7. The Labute approximate surface area is 163 Å². The molecule has 1 aromatic carbocycles. The third-order valence-corrected chi connectivity index (χ3v) is 4.81. The fourth-order valence-corrected chi connectivity index (χ4v) is 3.34. The molecule has 27 heavy (non-hydrogen) atoms. The average Bonchev–Trinajstić information content (AvgIpc) is 2.68. The van der Waals surface area contributed by atoms with E-state index >= 15 is 0 Å². The number of benzene rings is 1.